The zero-order chi connectivity index (χ0) is 49.3. The van der Waals surface area contributed by atoms with Crippen LogP contribution in [0, 0.1) is 0 Å². The van der Waals surface area contributed by atoms with Crippen LogP contribution < -0.4 is 0 Å². The molecule has 6 heteroatoms. The lowest BCUT2D eigenvalue weighted by atomic mass is 10.0. The predicted molar refractivity (Wildman–Crippen MR) is 293 cm³/mol. The van der Waals surface area contributed by atoms with Crippen molar-refractivity contribution in [1.82, 2.24) is 0 Å². The molecule has 0 aromatic carbocycles. The quantitative estimate of drug-likeness (QED) is 0.0262. The molecule has 0 spiro atoms. The van der Waals surface area contributed by atoms with Crippen LogP contribution in [0.5, 0.6) is 0 Å². The number of esters is 3. The second-order valence-electron chi connectivity index (χ2n) is 21.0. The molecule has 0 aliphatic carbocycles. The molecule has 0 saturated carbocycles. The van der Waals surface area contributed by atoms with E-state index in [9.17, 15) is 14.4 Å². The first-order chi connectivity index (χ1) is 33.5. The van der Waals surface area contributed by atoms with Gasteiger partial charge in [0.1, 0.15) is 13.2 Å². The van der Waals surface area contributed by atoms with Crippen molar-refractivity contribution >= 4 is 17.9 Å². The Kier molecular flexibility index (Phi) is 56.2. The van der Waals surface area contributed by atoms with E-state index in [4.69, 9.17) is 14.2 Å². The Bertz CT molecular complexity index is 1060. The molecule has 0 aliphatic rings. The fraction of sp³-hybridized carbons (Fsp3) is 0.919. The van der Waals surface area contributed by atoms with Gasteiger partial charge in [-0.25, -0.2) is 0 Å². The molecule has 0 heterocycles. The van der Waals surface area contributed by atoms with Crippen molar-refractivity contribution in [2.24, 2.45) is 0 Å². The molecule has 0 saturated heterocycles. The molecule has 1 atom stereocenters. The smallest absolute Gasteiger partial charge is 0.306 e. The standard InChI is InChI=1S/C62H118O6/c1-4-7-10-13-16-19-22-25-27-29-30-31-32-34-35-37-40-43-46-49-52-55-61(64)67-58-59(57-66-60(63)54-51-48-45-42-39-24-21-18-15-12-9-6-3)68-62(65)56-53-50-47-44-41-38-36-33-28-26-23-20-17-14-11-8-5-2/h25,27,59H,4-24,26,28-58H2,1-3H3/b27-25-/t59-/m0/s1. The van der Waals surface area contributed by atoms with E-state index in [0.717, 1.165) is 57.8 Å². The van der Waals surface area contributed by atoms with Crippen LogP contribution in [-0.4, -0.2) is 37.2 Å². The number of allylic oxidation sites excluding steroid dienone is 2. The lowest BCUT2D eigenvalue weighted by Gasteiger charge is -2.18. The second kappa shape index (κ2) is 57.7. The van der Waals surface area contributed by atoms with Crippen LogP contribution in [0.2, 0.25) is 0 Å². The summed E-state index contributed by atoms with van der Waals surface area (Å²) in [5, 5.41) is 0. The van der Waals surface area contributed by atoms with Gasteiger partial charge < -0.3 is 14.2 Å². The fourth-order valence-corrected chi connectivity index (χ4v) is 9.38. The van der Waals surface area contributed by atoms with Gasteiger partial charge in [0.25, 0.3) is 0 Å². The maximum atomic E-state index is 12.9. The van der Waals surface area contributed by atoms with E-state index >= 15 is 0 Å². The van der Waals surface area contributed by atoms with E-state index in [2.05, 4.69) is 32.9 Å². The average Bonchev–Trinajstić information content (AvgIpc) is 3.34. The maximum absolute atomic E-state index is 12.9. The lowest BCUT2D eigenvalue weighted by molar-refractivity contribution is -0.167. The maximum Gasteiger partial charge on any atom is 0.306 e. The molecule has 0 aromatic rings. The third-order valence-corrected chi connectivity index (χ3v) is 14.0. The highest BCUT2D eigenvalue weighted by atomic mass is 16.6. The van der Waals surface area contributed by atoms with Crippen molar-refractivity contribution in [2.75, 3.05) is 13.2 Å². The Hall–Kier alpha value is -1.85. The zero-order valence-corrected chi connectivity index (χ0v) is 46.2. The Morgan fingerprint density at radius 3 is 0.735 bits per heavy atom. The molecule has 0 unspecified atom stereocenters. The Balaban J connectivity index is 4.25. The molecule has 0 fully saturated rings. The minimum absolute atomic E-state index is 0.0636. The number of rotatable bonds is 57. The average molecular weight is 960 g/mol. The largest absolute Gasteiger partial charge is 0.462 e. The number of hydrogen-bond donors (Lipinski definition) is 0. The second-order valence-corrected chi connectivity index (χ2v) is 21.0. The number of carbonyl (C=O) groups is 3. The number of carbonyl (C=O) groups excluding carboxylic acids is 3. The molecule has 6 nitrogen and oxygen atoms in total. The molecule has 0 radical (unpaired) electrons. The third kappa shape index (κ3) is 55.1. The first-order valence-corrected chi connectivity index (χ1v) is 30.7. The molecular weight excluding hydrogens is 841 g/mol. The van der Waals surface area contributed by atoms with Crippen molar-refractivity contribution in [3.63, 3.8) is 0 Å². The van der Waals surface area contributed by atoms with Crippen molar-refractivity contribution < 1.29 is 28.6 Å². The van der Waals surface area contributed by atoms with Crippen molar-refractivity contribution in [2.45, 2.75) is 354 Å². The summed E-state index contributed by atoms with van der Waals surface area (Å²) in [4.78, 5) is 38.2. The minimum atomic E-state index is -0.764. The summed E-state index contributed by atoms with van der Waals surface area (Å²) in [6.07, 6.45) is 66.4. The summed E-state index contributed by atoms with van der Waals surface area (Å²) in [5.41, 5.74) is 0. The summed E-state index contributed by atoms with van der Waals surface area (Å²) < 4.78 is 16.9. The van der Waals surface area contributed by atoms with Crippen LogP contribution in [0.4, 0.5) is 0 Å². The van der Waals surface area contributed by atoms with E-state index in [1.165, 1.54) is 250 Å². The van der Waals surface area contributed by atoms with Gasteiger partial charge in [-0.15, -0.1) is 0 Å². The van der Waals surface area contributed by atoms with Crippen molar-refractivity contribution in [3.05, 3.63) is 12.2 Å². The van der Waals surface area contributed by atoms with Gasteiger partial charge in [-0.2, -0.15) is 0 Å². The molecule has 0 amide bonds. The van der Waals surface area contributed by atoms with Gasteiger partial charge in [0, 0.05) is 19.3 Å². The highest BCUT2D eigenvalue weighted by molar-refractivity contribution is 5.71. The zero-order valence-electron chi connectivity index (χ0n) is 46.2. The van der Waals surface area contributed by atoms with Crippen LogP contribution in [0.3, 0.4) is 0 Å². The Labute approximate surface area is 424 Å². The normalized spacial score (nSPS) is 12.0. The predicted octanol–water partition coefficient (Wildman–Crippen LogP) is 20.5. The van der Waals surface area contributed by atoms with Crippen LogP contribution in [0.15, 0.2) is 12.2 Å². The highest BCUT2D eigenvalue weighted by Gasteiger charge is 2.19. The number of unbranched alkanes of at least 4 members (excludes halogenated alkanes) is 44. The van der Waals surface area contributed by atoms with Gasteiger partial charge in [0.2, 0.25) is 0 Å². The van der Waals surface area contributed by atoms with Crippen molar-refractivity contribution in [3.8, 4) is 0 Å². The Morgan fingerprint density at radius 2 is 0.485 bits per heavy atom. The molecule has 402 valence electrons. The van der Waals surface area contributed by atoms with Gasteiger partial charge >= 0.3 is 17.9 Å². The van der Waals surface area contributed by atoms with Gasteiger partial charge in [-0.3, -0.25) is 14.4 Å². The molecule has 0 aliphatic heterocycles. The monoisotopic (exact) mass is 959 g/mol. The first-order valence-electron chi connectivity index (χ1n) is 30.7. The van der Waals surface area contributed by atoms with E-state index in [-0.39, 0.29) is 31.1 Å². The summed E-state index contributed by atoms with van der Waals surface area (Å²) in [5.74, 6) is -0.837. The van der Waals surface area contributed by atoms with Crippen molar-refractivity contribution in [1.29, 1.82) is 0 Å². The Morgan fingerprint density at radius 1 is 0.279 bits per heavy atom. The summed E-state index contributed by atoms with van der Waals surface area (Å²) in [6.45, 7) is 6.70. The SMILES string of the molecule is CCCCCCCC/C=C\CCCCCCCCCCCCCC(=O)OC[C@H](COC(=O)CCCCCCCCCCCCCC)OC(=O)CCCCCCCCCCCCCCCCCCC. The lowest BCUT2D eigenvalue weighted by Crippen LogP contribution is -2.30. The summed E-state index contributed by atoms with van der Waals surface area (Å²) in [7, 11) is 0. The molecule has 0 N–H and O–H groups in total. The van der Waals surface area contributed by atoms with Crippen LogP contribution in [0.25, 0.3) is 0 Å². The number of hydrogen-bond acceptors (Lipinski definition) is 6. The summed E-state index contributed by atoms with van der Waals surface area (Å²) in [6, 6.07) is 0. The topological polar surface area (TPSA) is 78.9 Å². The summed E-state index contributed by atoms with van der Waals surface area (Å²) >= 11 is 0. The van der Waals surface area contributed by atoms with Crippen LogP contribution >= 0.6 is 0 Å². The highest BCUT2D eigenvalue weighted by Crippen LogP contribution is 2.18. The van der Waals surface area contributed by atoms with E-state index < -0.39 is 6.10 Å². The van der Waals surface area contributed by atoms with Crippen LogP contribution in [0.1, 0.15) is 348 Å². The molecule has 68 heavy (non-hydrogen) atoms. The van der Waals surface area contributed by atoms with Crippen LogP contribution in [-0.2, 0) is 28.6 Å². The number of ether oxygens (including phenoxy) is 3. The molecule has 0 rings (SSSR count). The van der Waals surface area contributed by atoms with Gasteiger partial charge in [-0.1, -0.05) is 296 Å². The molecule has 0 bridgehead atoms. The van der Waals surface area contributed by atoms with E-state index in [1.807, 2.05) is 0 Å². The van der Waals surface area contributed by atoms with E-state index in [1.54, 1.807) is 0 Å². The fourth-order valence-electron chi connectivity index (χ4n) is 9.38. The van der Waals surface area contributed by atoms with E-state index in [0.29, 0.717) is 19.3 Å². The molecular formula is C62H118O6. The molecule has 0 aromatic heterocycles. The first kappa shape index (κ1) is 66.2. The third-order valence-electron chi connectivity index (χ3n) is 14.0. The van der Waals surface area contributed by atoms with Gasteiger partial charge in [0.05, 0.1) is 0 Å². The minimum Gasteiger partial charge on any atom is -0.462 e. The van der Waals surface area contributed by atoms with Gasteiger partial charge in [-0.05, 0) is 44.9 Å². The van der Waals surface area contributed by atoms with Gasteiger partial charge in [0.15, 0.2) is 6.10 Å².